The highest BCUT2D eigenvalue weighted by Crippen LogP contribution is 2.52. The lowest BCUT2D eigenvalue weighted by Gasteiger charge is -2.31. The Bertz CT molecular complexity index is 2070. The van der Waals surface area contributed by atoms with Crippen LogP contribution in [0.2, 0.25) is 0 Å². The Balaban J connectivity index is 1.07. The van der Waals surface area contributed by atoms with Crippen LogP contribution in [0.25, 0.3) is 17.7 Å². The van der Waals surface area contributed by atoms with Gasteiger partial charge in [0.1, 0.15) is 4.32 Å². The van der Waals surface area contributed by atoms with E-state index in [0.717, 1.165) is 22.5 Å². The predicted octanol–water partition coefficient (Wildman–Crippen LogP) is 10.6. The molecule has 1 amide bonds. The number of nitrogens with zero attached hydrogens (tertiary/aromatic N) is 2. The molecule has 1 saturated heterocycles. The van der Waals surface area contributed by atoms with Gasteiger partial charge < -0.3 is 10.6 Å². The van der Waals surface area contributed by atoms with E-state index in [1.807, 2.05) is 6.92 Å². The third-order valence-corrected chi connectivity index (χ3v) is 12.2. The van der Waals surface area contributed by atoms with Crippen LogP contribution in [0, 0.1) is 0 Å². The summed E-state index contributed by atoms with van der Waals surface area (Å²) in [5, 5.41) is 0. The number of thioether (sulfide) groups is 1. The predicted molar refractivity (Wildman–Crippen MR) is 219 cm³/mol. The molecule has 2 N–H and O–H groups in total. The van der Waals surface area contributed by atoms with Crippen LogP contribution in [-0.2, 0) is 4.79 Å². The number of allylic oxidation sites excluding steroid dienone is 2. The molecule has 0 radical (unpaired) electrons. The minimum atomic E-state index is -0.426. The average Bonchev–Trinajstić information content (AvgIpc) is 3.82. The Morgan fingerprint density at radius 2 is 1.59 bits per heavy atom. The summed E-state index contributed by atoms with van der Waals surface area (Å²) in [7, 11) is 0. The number of nitrogens with two attached hydrogens (primary N) is 1. The van der Waals surface area contributed by atoms with Crippen LogP contribution in [0.3, 0.4) is 0 Å². The third kappa shape index (κ3) is 6.69. The van der Waals surface area contributed by atoms with E-state index in [-0.39, 0.29) is 5.91 Å². The molecule has 2 fully saturated rings. The Kier molecular flexibility index (Phi) is 9.18. The lowest BCUT2D eigenvalue weighted by molar-refractivity contribution is -0.122. The quantitative estimate of drug-likeness (QED) is 0.118. The molecule has 4 aliphatic rings. The average molecular weight is 706 g/mol. The maximum absolute atomic E-state index is 13.1. The number of carbonyl (C=O) groups excluding carboxylic acids is 1. The summed E-state index contributed by atoms with van der Waals surface area (Å²) >= 11 is 6.90. The van der Waals surface area contributed by atoms with Crippen LogP contribution in [0.15, 0.2) is 131 Å². The summed E-state index contributed by atoms with van der Waals surface area (Å²) in [5.74, 6) is 0.535. The third-order valence-electron chi connectivity index (χ3n) is 10.7. The zero-order chi connectivity index (χ0) is 35.1. The van der Waals surface area contributed by atoms with Gasteiger partial charge >= 0.3 is 0 Å². The molecular weight excluding hydrogens is 663 g/mol. The minimum Gasteiger partial charge on any atom is -0.338 e. The van der Waals surface area contributed by atoms with Crippen LogP contribution >= 0.6 is 24.0 Å². The van der Waals surface area contributed by atoms with Crippen molar-refractivity contribution in [2.75, 3.05) is 11.4 Å². The number of likely N-dealkylation sites (N-methyl/N-ethyl adjacent to an activating group) is 1. The van der Waals surface area contributed by atoms with Crippen molar-refractivity contribution in [3.8, 4) is 0 Å². The van der Waals surface area contributed by atoms with Crippen molar-refractivity contribution in [1.29, 1.82) is 0 Å². The summed E-state index contributed by atoms with van der Waals surface area (Å²) < 4.78 is 0.630. The Hall–Kier alpha value is -4.49. The SMILES string of the molecule is CCN1C(=O)/C(=C2C=C(/C=C/c3ccc4c(c3)C3CCCC3N4c3ccc(C=C(c4ccccc4)c4ccccc4)cc3)CC(C)(N)C\2)SC1=S. The normalized spacial score (nSPS) is 24.3. The number of hydrogen-bond acceptors (Lipinski definition) is 5. The highest BCUT2D eigenvalue weighted by Gasteiger charge is 2.42. The van der Waals surface area contributed by atoms with Gasteiger partial charge in [0.25, 0.3) is 5.91 Å². The van der Waals surface area contributed by atoms with E-state index in [2.05, 4.69) is 139 Å². The molecule has 0 aromatic heterocycles. The van der Waals surface area contributed by atoms with Crippen LogP contribution in [0.4, 0.5) is 11.4 Å². The van der Waals surface area contributed by atoms with Crippen molar-refractivity contribution in [2.45, 2.75) is 63.5 Å². The topological polar surface area (TPSA) is 49.6 Å². The fourth-order valence-electron chi connectivity index (χ4n) is 8.39. The van der Waals surface area contributed by atoms with Gasteiger partial charge in [-0.05, 0) is 114 Å². The van der Waals surface area contributed by atoms with Crippen LogP contribution in [0.1, 0.15) is 79.7 Å². The molecule has 2 heterocycles. The molecule has 4 aromatic carbocycles. The Labute approximate surface area is 311 Å². The second kappa shape index (κ2) is 13.9. The number of hydrogen-bond donors (Lipinski definition) is 1. The van der Waals surface area contributed by atoms with Gasteiger partial charge in [0.05, 0.1) is 4.91 Å². The van der Waals surface area contributed by atoms with Crippen molar-refractivity contribution in [3.05, 3.63) is 159 Å². The molecular formula is C45H43N3OS2. The van der Waals surface area contributed by atoms with Gasteiger partial charge in [-0.3, -0.25) is 9.69 Å². The highest BCUT2D eigenvalue weighted by molar-refractivity contribution is 8.26. The van der Waals surface area contributed by atoms with Crippen LogP contribution in [0.5, 0.6) is 0 Å². The number of rotatable bonds is 7. The van der Waals surface area contributed by atoms with Crippen molar-refractivity contribution in [2.24, 2.45) is 5.73 Å². The van der Waals surface area contributed by atoms with E-state index >= 15 is 0 Å². The number of amides is 1. The summed E-state index contributed by atoms with van der Waals surface area (Å²) in [6, 6.07) is 37.8. The summed E-state index contributed by atoms with van der Waals surface area (Å²) in [6.07, 6.45) is 14.0. The fourth-order valence-corrected chi connectivity index (χ4v) is 9.81. The second-order valence-corrected chi connectivity index (χ2v) is 16.2. The summed E-state index contributed by atoms with van der Waals surface area (Å²) in [4.78, 5) is 18.1. The van der Waals surface area contributed by atoms with E-state index in [9.17, 15) is 4.79 Å². The van der Waals surface area contributed by atoms with E-state index in [1.165, 1.54) is 75.8 Å². The van der Waals surface area contributed by atoms with Crippen LogP contribution < -0.4 is 10.6 Å². The molecule has 0 bridgehead atoms. The van der Waals surface area contributed by atoms with Crippen molar-refractivity contribution in [3.63, 3.8) is 0 Å². The van der Waals surface area contributed by atoms with E-state index in [4.69, 9.17) is 18.0 Å². The first kappa shape index (κ1) is 33.6. The van der Waals surface area contributed by atoms with Crippen molar-refractivity contribution >= 4 is 63.3 Å². The monoisotopic (exact) mass is 705 g/mol. The smallest absolute Gasteiger partial charge is 0.266 e. The molecule has 1 saturated carbocycles. The number of carbonyl (C=O) groups is 1. The van der Waals surface area contributed by atoms with Gasteiger partial charge in [-0.25, -0.2) is 0 Å². The molecule has 2 aliphatic carbocycles. The van der Waals surface area contributed by atoms with Gasteiger partial charge in [0.15, 0.2) is 0 Å². The van der Waals surface area contributed by atoms with Crippen molar-refractivity contribution < 1.29 is 4.79 Å². The highest BCUT2D eigenvalue weighted by atomic mass is 32.2. The zero-order valence-corrected chi connectivity index (χ0v) is 30.9. The number of thiocarbonyl (C=S) groups is 1. The lowest BCUT2D eigenvalue weighted by Crippen LogP contribution is -2.39. The summed E-state index contributed by atoms with van der Waals surface area (Å²) in [6.45, 7) is 4.62. The number of benzene rings is 4. The maximum Gasteiger partial charge on any atom is 0.266 e. The molecule has 3 unspecified atom stereocenters. The zero-order valence-electron chi connectivity index (χ0n) is 29.2. The van der Waals surface area contributed by atoms with E-state index in [0.29, 0.717) is 29.2 Å². The van der Waals surface area contributed by atoms with Gasteiger partial charge in [0, 0.05) is 35.4 Å². The molecule has 0 spiro atoms. The fraction of sp³-hybridized carbons (Fsp3) is 0.244. The Morgan fingerprint density at radius 3 is 2.25 bits per heavy atom. The number of fused-ring (bicyclic) bond motifs is 3. The largest absolute Gasteiger partial charge is 0.338 e. The van der Waals surface area contributed by atoms with E-state index in [1.54, 1.807) is 4.90 Å². The number of anilines is 2. The van der Waals surface area contributed by atoms with Gasteiger partial charge in [-0.2, -0.15) is 0 Å². The first-order chi connectivity index (χ1) is 24.8. The molecule has 2 aliphatic heterocycles. The molecule has 8 rings (SSSR count). The molecule has 51 heavy (non-hydrogen) atoms. The van der Waals surface area contributed by atoms with Gasteiger partial charge in [-0.15, -0.1) is 0 Å². The molecule has 6 heteroatoms. The second-order valence-electron chi connectivity index (χ2n) is 14.5. The van der Waals surface area contributed by atoms with Crippen LogP contribution in [-0.4, -0.2) is 33.3 Å². The van der Waals surface area contributed by atoms with Gasteiger partial charge in [0.2, 0.25) is 0 Å². The lowest BCUT2D eigenvalue weighted by atomic mass is 9.80. The van der Waals surface area contributed by atoms with Crippen molar-refractivity contribution in [1.82, 2.24) is 4.90 Å². The minimum absolute atomic E-state index is 0.00398. The molecule has 3 atom stereocenters. The first-order valence-corrected chi connectivity index (χ1v) is 19.3. The first-order valence-electron chi connectivity index (χ1n) is 18.1. The maximum atomic E-state index is 13.1. The summed E-state index contributed by atoms with van der Waals surface area (Å²) in [5.41, 5.74) is 18.5. The standard InChI is InChI=1S/C45H43N3OS2/c1-3-47-43(49)42(51-44(47)50)35-25-32(28-45(2,46)29-35)18-17-30-21-24-41-39(27-30)37-15-10-16-40(37)48(41)36-22-19-31(20-23-36)26-38(33-11-6-4-7-12-33)34-13-8-5-9-14-34/h4-9,11-14,17-27,37,40H,3,10,15-16,28-29,46H2,1-2H3/b18-17+,42-35-. The molecule has 4 nitrogen and oxygen atoms in total. The van der Waals surface area contributed by atoms with Gasteiger partial charge in [-0.1, -0.05) is 127 Å². The Morgan fingerprint density at radius 1 is 0.902 bits per heavy atom. The molecule has 256 valence electrons. The van der Waals surface area contributed by atoms with E-state index < -0.39 is 5.54 Å². The molecule has 4 aromatic rings.